The summed E-state index contributed by atoms with van der Waals surface area (Å²) in [6.45, 7) is 0.163. The summed E-state index contributed by atoms with van der Waals surface area (Å²) in [5.74, 6) is -12.2. The molecule has 34 heteroatoms. The monoisotopic (exact) mass is 1520 g/mol. The standard InChI is InChI=1S/C69H94N14O17S2.Ga/c1-42(85)55(39-84)76-68(99)57-41-102-101-40-56(77-64(95)52(31-44-13-4-3-5-14-44)72-58(87)35-80-23-25-81(36-59(88)89)27-29-83(38-61(92)93)30-28-82(26-24-80)37-60(90)91)67(98)75-53(32-46-17-12-16-45-15-6-7-18-48(45)46)66(97)74-54(33-47-34-71-50-20-9-8-19-49(47)50)65(96)73-51(21-10-11-22-70)63(94)79-62(43(2)86)69(100)78-57;/h3-9,12-20,34,42-43,51-57,62,71,84-86H,10-11,21-33,35-41,70H2,1-2H3,(H,72,87)(H,73,96)(H,74,97)(H,75,98)(H,76,99)(H,77,95)(H,78,100)(H,79,94)(H,88,89)(H,90,91)(H,92,93);/q;+3/p-3/t42-,43-,51+,52-,53+,54-,55-,56+,57+,62+;/m1./s1/i;1-2. The van der Waals surface area contributed by atoms with E-state index in [0.717, 1.165) is 27.0 Å². The van der Waals surface area contributed by atoms with Crippen LogP contribution in [0.1, 0.15) is 49.8 Å². The Kier molecular flexibility index (Phi) is 34.7. The molecule has 0 saturated carbocycles. The number of unbranched alkanes of at least 4 members (excludes halogenated alkanes) is 1. The first-order valence-electron chi connectivity index (χ1n) is 33.8. The molecule has 14 N–H and O–H groups in total. The Labute approximate surface area is 617 Å². The van der Waals surface area contributed by atoms with E-state index in [2.05, 4.69) is 47.5 Å². The molecule has 2 fully saturated rings. The number of nitrogens with zero attached hydrogens (tertiary/aromatic N) is 4. The Balaban J connectivity index is 0.0000167. The van der Waals surface area contributed by atoms with Gasteiger partial charge in [-0.2, -0.15) is 0 Å². The maximum atomic E-state index is 15.5. The molecule has 554 valence electrons. The molecule has 3 heterocycles. The molecule has 7 rings (SSSR count). The molecular weight excluding hydrogens is 1430 g/mol. The zero-order chi connectivity index (χ0) is 73.8. The summed E-state index contributed by atoms with van der Waals surface area (Å²) in [4.78, 5) is 164. The van der Waals surface area contributed by atoms with Gasteiger partial charge in [-0.3, -0.25) is 58.0 Å². The molecule has 0 unspecified atom stereocenters. The van der Waals surface area contributed by atoms with Crippen LogP contribution in [0, 0.1) is 0 Å². The Hall–Kier alpha value is -8.13. The minimum Gasteiger partial charge on any atom is -0.549 e. The second-order valence-corrected chi connectivity index (χ2v) is 27.9. The van der Waals surface area contributed by atoms with Gasteiger partial charge in [0.1, 0.15) is 42.3 Å². The third-order valence-electron chi connectivity index (χ3n) is 17.5. The first-order valence-corrected chi connectivity index (χ1v) is 36.2. The number of hydrogen-bond donors (Lipinski definition) is 13. The van der Waals surface area contributed by atoms with Gasteiger partial charge in [0.15, 0.2) is 0 Å². The van der Waals surface area contributed by atoms with Gasteiger partial charge in [0.2, 0.25) is 47.3 Å². The van der Waals surface area contributed by atoms with Crippen LogP contribution < -0.4 is 63.6 Å². The van der Waals surface area contributed by atoms with Crippen molar-refractivity contribution >= 4 is 128 Å². The van der Waals surface area contributed by atoms with Crippen molar-refractivity contribution in [1.29, 1.82) is 0 Å². The van der Waals surface area contributed by atoms with Crippen molar-refractivity contribution in [1.82, 2.24) is 67.1 Å². The number of amides is 8. The number of aliphatic carboxylic acids is 3. The second kappa shape index (κ2) is 42.6. The number of H-pyrrole nitrogens is 1. The first kappa shape index (κ1) is 83.8. The Bertz CT molecular complexity index is 3640. The van der Waals surface area contributed by atoms with E-state index in [0.29, 0.717) is 39.4 Å². The van der Waals surface area contributed by atoms with Crippen molar-refractivity contribution < 1.29 is 83.4 Å². The van der Waals surface area contributed by atoms with Crippen LogP contribution in [0.2, 0.25) is 0 Å². The molecule has 2 aliphatic heterocycles. The fourth-order valence-corrected chi connectivity index (χ4v) is 14.2. The van der Waals surface area contributed by atoms with Crippen molar-refractivity contribution in [2.45, 2.75) is 113 Å². The van der Waals surface area contributed by atoms with E-state index in [9.17, 15) is 64.2 Å². The van der Waals surface area contributed by atoms with E-state index in [1.165, 1.54) is 28.5 Å². The number of rotatable bonds is 26. The maximum absolute atomic E-state index is 15.5. The molecular formula is C69H91GaN14O17S2. The first-order chi connectivity index (χ1) is 48.9. The van der Waals surface area contributed by atoms with Crippen molar-refractivity contribution in [2.75, 3.05) is 103 Å². The number of benzene rings is 4. The predicted molar refractivity (Wildman–Crippen MR) is 380 cm³/mol. The summed E-state index contributed by atoms with van der Waals surface area (Å²) < 4.78 is 0. The van der Waals surface area contributed by atoms with Crippen molar-refractivity contribution in [3.8, 4) is 0 Å². The SMILES string of the molecule is C[C@@H](O)[C@@H]1NC(=O)[C@H](CCCCN)NC(=O)[C@@H](Cc2c[nH]c3ccccc23)NC(=O)[C@H](Cc2cccc3ccccc23)NC(=O)[C@@H](NC(=O)[C@@H](Cc2ccccc2)NC(=O)CN2CCN(CC(=O)[O-])CCN(CC(=O)[O-])CCN(CC(=O)[O-])CC2)CSSC[C@@H](C(=O)N[C@H](CO)[C@@H](C)O)NC1=O.[68Ga+3]. The van der Waals surface area contributed by atoms with E-state index in [-0.39, 0.29) is 122 Å². The summed E-state index contributed by atoms with van der Waals surface area (Å²) in [6, 6.07) is 16.3. The number of carbonyl (C=O) groups excluding carboxylic acids is 11. The molecule has 0 radical (unpaired) electrons. The topological polar surface area (TPSA) is 469 Å². The third kappa shape index (κ3) is 27.1. The number of carboxylic acid groups (broad SMARTS) is 3. The minimum atomic E-state index is -1.77. The van der Waals surface area contributed by atoms with Crippen LogP contribution in [-0.2, 0) is 72.0 Å². The van der Waals surface area contributed by atoms with E-state index in [1.54, 1.807) is 71.8 Å². The molecule has 103 heavy (non-hydrogen) atoms. The fourth-order valence-electron chi connectivity index (χ4n) is 11.9. The summed E-state index contributed by atoms with van der Waals surface area (Å²) in [7, 11) is 1.84. The molecule has 5 aromatic rings. The molecule has 2 saturated heterocycles. The van der Waals surface area contributed by atoms with E-state index in [1.807, 2.05) is 36.4 Å². The predicted octanol–water partition coefficient (Wildman–Crippen LogP) is -6.40. The average molecular weight is 1520 g/mol. The van der Waals surface area contributed by atoms with Gasteiger partial charge >= 0.3 is 19.8 Å². The number of fused-ring (bicyclic) bond motifs is 2. The number of aromatic nitrogens is 1. The number of para-hydroxylation sites is 1. The zero-order valence-corrected chi connectivity index (χ0v) is 61.5. The Morgan fingerprint density at radius 3 is 1.67 bits per heavy atom. The van der Waals surface area contributed by atoms with Gasteiger partial charge < -0.3 is 98.3 Å². The van der Waals surface area contributed by atoms with Crippen molar-refractivity contribution in [3.63, 3.8) is 0 Å². The third-order valence-corrected chi connectivity index (χ3v) is 19.9. The van der Waals surface area contributed by atoms with Crippen LogP contribution in [-0.4, -0.2) is 289 Å². The number of nitrogens with one attached hydrogen (secondary N) is 9. The van der Waals surface area contributed by atoms with Crippen molar-refractivity contribution in [2.24, 2.45) is 5.73 Å². The van der Waals surface area contributed by atoms with Crippen molar-refractivity contribution in [3.05, 3.63) is 120 Å². The quantitative estimate of drug-likeness (QED) is 0.0139. The van der Waals surface area contributed by atoms with Crippen LogP contribution in [0.5, 0.6) is 0 Å². The van der Waals surface area contributed by atoms with Crippen LogP contribution in [0.3, 0.4) is 0 Å². The van der Waals surface area contributed by atoms with Gasteiger partial charge in [-0.1, -0.05) is 113 Å². The molecule has 10 atom stereocenters. The number of carbonyl (C=O) groups is 11. The van der Waals surface area contributed by atoms with Gasteiger partial charge in [-0.05, 0) is 73.2 Å². The van der Waals surface area contributed by atoms with Crippen LogP contribution in [0.4, 0.5) is 0 Å². The zero-order valence-electron chi connectivity index (χ0n) is 57.5. The second-order valence-electron chi connectivity index (χ2n) is 25.4. The van der Waals surface area contributed by atoms with Gasteiger partial charge in [-0.15, -0.1) is 0 Å². The number of aliphatic hydroxyl groups is 3. The summed E-state index contributed by atoms with van der Waals surface area (Å²) in [6.07, 6.45) is -1.18. The Morgan fingerprint density at radius 1 is 0.583 bits per heavy atom. The van der Waals surface area contributed by atoms with E-state index in [4.69, 9.17) is 5.73 Å². The minimum absolute atomic E-state index is 0. The van der Waals surface area contributed by atoms with Gasteiger partial charge in [0.05, 0.1) is 49.3 Å². The maximum Gasteiger partial charge on any atom is 3.00 e. The number of nitrogens with two attached hydrogens (primary N) is 1. The fraction of sp³-hybridized carbons (Fsp3) is 0.493. The van der Waals surface area contributed by atoms with E-state index < -0.39 is 158 Å². The van der Waals surface area contributed by atoms with Crippen LogP contribution in [0.15, 0.2) is 103 Å². The molecule has 1 aromatic heterocycles. The van der Waals surface area contributed by atoms with Crippen LogP contribution >= 0.6 is 21.6 Å². The molecule has 0 bridgehead atoms. The normalized spacial score (nSPS) is 21.6. The summed E-state index contributed by atoms with van der Waals surface area (Å²) in [5, 5.41) is 91.2. The summed E-state index contributed by atoms with van der Waals surface area (Å²) >= 11 is 0. The Morgan fingerprint density at radius 2 is 1.10 bits per heavy atom. The number of aliphatic hydroxyl groups excluding tert-OH is 3. The van der Waals surface area contributed by atoms with Gasteiger partial charge in [-0.25, -0.2) is 0 Å². The smallest absolute Gasteiger partial charge is 0.549 e. The molecule has 0 aliphatic carbocycles. The molecule has 0 spiro atoms. The van der Waals surface area contributed by atoms with Gasteiger partial charge in [0.25, 0.3) is 0 Å². The van der Waals surface area contributed by atoms with Crippen LogP contribution in [0.25, 0.3) is 21.7 Å². The number of aromatic amines is 1. The molecule has 4 aromatic carbocycles. The molecule has 31 nitrogen and oxygen atoms in total. The number of hydrogen-bond acceptors (Lipinski definition) is 24. The molecule has 8 amide bonds. The summed E-state index contributed by atoms with van der Waals surface area (Å²) in [5.41, 5.74) is 8.28. The van der Waals surface area contributed by atoms with Gasteiger partial charge in [0, 0.05) is 120 Å². The average Bonchev–Trinajstić information content (AvgIpc) is 1.79. The largest absolute Gasteiger partial charge is 3.00 e. The van der Waals surface area contributed by atoms with E-state index >= 15 is 19.2 Å². The number of carboxylic acids is 3. The molecule has 2 aliphatic rings.